The summed E-state index contributed by atoms with van der Waals surface area (Å²) in [7, 11) is 0. The molecule has 1 aromatic rings. The zero-order valence-corrected chi connectivity index (χ0v) is 10.1. The van der Waals surface area contributed by atoms with E-state index in [-0.39, 0.29) is 11.4 Å². The van der Waals surface area contributed by atoms with E-state index in [4.69, 9.17) is 5.73 Å². The fraction of sp³-hybridized carbons (Fsp3) is 0.545. The third kappa shape index (κ3) is 1.93. The Labute approximate surface area is 97.2 Å². The van der Waals surface area contributed by atoms with Crippen LogP contribution in [0.2, 0.25) is 0 Å². The summed E-state index contributed by atoms with van der Waals surface area (Å²) >= 11 is 3.33. The number of nitrogens with zero attached hydrogens (tertiary/aromatic N) is 1. The first kappa shape index (κ1) is 11.0. The van der Waals surface area contributed by atoms with Crippen molar-refractivity contribution >= 4 is 15.9 Å². The molecule has 0 aliphatic heterocycles. The number of nitrogens with two attached hydrogens (primary N) is 1. The van der Waals surface area contributed by atoms with E-state index < -0.39 is 0 Å². The lowest BCUT2D eigenvalue weighted by atomic mass is 9.79. The summed E-state index contributed by atoms with van der Waals surface area (Å²) in [5, 5.41) is 0. The Kier molecular flexibility index (Phi) is 3.07. The van der Waals surface area contributed by atoms with Gasteiger partial charge < -0.3 is 5.73 Å². The highest BCUT2D eigenvalue weighted by molar-refractivity contribution is 9.10. The molecule has 0 bridgehead atoms. The molecule has 0 saturated heterocycles. The van der Waals surface area contributed by atoms with Gasteiger partial charge in [0.25, 0.3) is 0 Å². The van der Waals surface area contributed by atoms with Crippen LogP contribution in [0.4, 0.5) is 4.39 Å². The second-order valence-electron chi connectivity index (χ2n) is 4.18. The third-order valence-electron chi connectivity index (χ3n) is 3.33. The highest BCUT2D eigenvalue weighted by Gasteiger charge is 2.36. The average molecular weight is 273 g/mol. The Bertz CT molecular complexity index is 362. The molecule has 0 spiro atoms. The van der Waals surface area contributed by atoms with E-state index >= 15 is 0 Å². The van der Waals surface area contributed by atoms with Gasteiger partial charge in [-0.1, -0.05) is 12.8 Å². The van der Waals surface area contributed by atoms with Gasteiger partial charge in [0, 0.05) is 28.2 Å². The zero-order chi connectivity index (χ0) is 10.9. The molecule has 0 radical (unpaired) electrons. The maximum Gasteiger partial charge on any atom is 0.216 e. The van der Waals surface area contributed by atoms with Crippen LogP contribution in [0.25, 0.3) is 0 Å². The lowest BCUT2D eigenvalue weighted by molar-refractivity contribution is 0.417. The molecule has 1 fully saturated rings. The Morgan fingerprint density at radius 3 is 2.73 bits per heavy atom. The molecular weight excluding hydrogens is 259 g/mol. The van der Waals surface area contributed by atoms with Crippen molar-refractivity contribution < 1.29 is 4.39 Å². The van der Waals surface area contributed by atoms with Gasteiger partial charge >= 0.3 is 0 Å². The molecule has 1 aromatic heterocycles. The molecule has 1 saturated carbocycles. The summed E-state index contributed by atoms with van der Waals surface area (Å²) in [6.45, 7) is 0.502. The average Bonchev–Trinajstić information content (AvgIpc) is 2.71. The molecule has 82 valence electrons. The standard InChI is InChI=1S/C11H14BrFN2/c12-8-5-9(10(13)15-6-8)11(7-14)3-1-2-4-11/h5-6H,1-4,7,14H2. The first-order valence-corrected chi connectivity index (χ1v) is 5.99. The predicted molar refractivity (Wildman–Crippen MR) is 61.1 cm³/mol. The fourth-order valence-electron chi connectivity index (χ4n) is 2.43. The summed E-state index contributed by atoms with van der Waals surface area (Å²) < 4.78 is 14.5. The molecule has 2 N–H and O–H groups in total. The van der Waals surface area contributed by atoms with Crippen LogP contribution in [0.1, 0.15) is 31.2 Å². The van der Waals surface area contributed by atoms with E-state index in [1.54, 1.807) is 0 Å². The summed E-state index contributed by atoms with van der Waals surface area (Å²) in [6, 6.07) is 1.82. The van der Waals surface area contributed by atoms with E-state index in [1.807, 2.05) is 6.07 Å². The van der Waals surface area contributed by atoms with Crippen LogP contribution in [-0.2, 0) is 5.41 Å². The summed E-state index contributed by atoms with van der Waals surface area (Å²) in [5.41, 5.74) is 6.31. The van der Waals surface area contributed by atoms with E-state index in [1.165, 1.54) is 6.20 Å². The van der Waals surface area contributed by atoms with Crippen LogP contribution in [-0.4, -0.2) is 11.5 Å². The molecule has 0 amide bonds. The van der Waals surface area contributed by atoms with Gasteiger partial charge in [-0.05, 0) is 34.8 Å². The van der Waals surface area contributed by atoms with Crippen molar-refractivity contribution in [3.63, 3.8) is 0 Å². The topological polar surface area (TPSA) is 38.9 Å². The minimum atomic E-state index is -0.370. The fourth-order valence-corrected chi connectivity index (χ4v) is 2.76. The number of halogens is 2. The second kappa shape index (κ2) is 4.18. The lowest BCUT2D eigenvalue weighted by Gasteiger charge is -2.27. The van der Waals surface area contributed by atoms with Crippen LogP contribution in [0.15, 0.2) is 16.7 Å². The Morgan fingerprint density at radius 1 is 1.47 bits per heavy atom. The number of aromatic nitrogens is 1. The van der Waals surface area contributed by atoms with E-state index in [9.17, 15) is 4.39 Å². The van der Waals surface area contributed by atoms with Crippen molar-refractivity contribution in [1.29, 1.82) is 0 Å². The van der Waals surface area contributed by atoms with Gasteiger partial charge in [0.1, 0.15) is 0 Å². The first-order chi connectivity index (χ1) is 7.18. The molecule has 0 unspecified atom stereocenters. The van der Waals surface area contributed by atoms with E-state index in [0.29, 0.717) is 12.1 Å². The quantitative estimate of drug-likeness (QED) is 0.841. The van der Waals surface area contributed by atoms with Crippen molar-refractivity contribution in [1.82, 2.24) is 4.98 Å². The van der Waals surface area contributed by atoms with Gasteiger partial charge in [-0.15, -0.1) is 0 Å². The largest absolute Gasteiger partial charge is 0.330 e. The van der Waals surface area contributed by atoms with Crippen LogP contribution in [0, 0.1) is 5.95 Å². The number of hydrogen-bond acceptors (Lipinski definition) is 2. The van der Waals surface area contributed by atoms with Crippen LogP contribution in [0.5, 0.6) is 0 Å². The summed E-state index contributed by atoms with van der Waals surface area (Å²) in [6.07, 6.45) is 5.68. The molecule has 1 aliphatic carbocycles. The molecule has 0 aromatic carbocycles. The van der Waals surface area contributed by atoms with Gasteiger partial charge in [-0.3, -0.25) is 0 Å². The maximum absolute atomic E-state index is 13.7. The molecule has 1 heterocycles. The maximum atomic E-state index is 13.7. The van der Waals surface area contributed by atoms with Crippen LogP contribution >= 0.6 is 15.9 Å². The van der Waals surface area contributed by atoms with Crippen molar-refractivity contribution in [3.05, 3.63) is 28.2 Å². The molecule has 1 aliphatic rings. The molecule has 4 heteroatoms. The predicted octanol–water partition coefficient (Wildman–Crippen LogP) is 2.75. The molecule has 2 nitrogen and oxygen atoms in total. The lowest BCUT2D eigenvalue weighted by Crippen LogP contribution is -2.33. The number of pyridine rings is 1. The van der Waals surface area contributed by atoms with Crippen LogP contribution < -0.4 is 5.73 Å². The van der Waals surface area contributed by atoms with E-state index in [0.717, 1.165) is 30.2 Å². The normalized spacial score (nSPS) is 19.4. The minimum Gasteiger partial charge on any atom is -0.330 e. The smallest absolute Gasteiger partial charge is 0.216 e. The molecule has 15 heavy (non-hydrogen) atoms. The number of rotatable bonds is 2. The van der Waals surface area contributed by atoms with Crippen LogP contribution in [0.3, 0.4) is 0 Å². The third-order valence-corrected chi connectivity index (χ3v) is 3.76. The zero-order valence-electron chi connectivity index (χ0n) is 8.47. The highest BCUT2D eigenvalue weighted by Crippen LogP contribution is 2.41. The van der Waals surface area contributed by atoms with Gasteiger partial charge in [0.05, 0.1) is 0 Å². The summed E-state index contributed by atoms with van der Waals surface area (Å²) in [5.74, 6) is -0.370. The van der Waals surface area contributed by atoms with E-state index in [2.05, 4.69) is 20.9 Å². The van der Waals surface area contributed by atoms with Gasteiger partial charge in [-0.2, -0.15) is 4.39 Å². The first-order valence-electron chi connectivity index (χ1n) is 5.19. The molecular formula is C11H14BrFN2. The van der Waals surface area contributed by atoms with Gasteiger partial charge in [0.2, 0.25) is 5.95 Å². The van der Waals surface area contributed by atoms with Crippen molar-refractivity contribution in [2.75, 3.05) is 6.54 Å². The Balaban J connectivity index is 2.46. The van der Waals surface area contributed by atoms with Gasteiger partial charge in [-0.25, -0.2) is 4.98 Å². The second-order valence-corrected chi connectivity index (χ2v) is 5.10. The molecule has 2 rings (SSSR count). The van der Waals surface area contributed by atoms with Crippen molar-refractivity contribution in [3.8, 4) is 0 Å². The monoisotopic (exact) mass is 272 g/mol. The van der Waals surface area contributed by atoms with Gasteiger partial charge in [0.15, 0.2) is 0 Å². The SMILES string of the molecule is NCC1(c2cc(Br)cnc2F)CCCC1. The summed E-state index contributed by atoms with van der Waals surface area (Å²) in [4.78, 5) is 3.75. The van der Waals surface area contributed by atoms with Crippen molar-refractivity contribution in [2.45, 2.75) is 31.1 Å². The van der Waals surface area contributed by atoms with Crippen molar-refractivity contribution in [2.24, 2.45) is 5.73 Å². The number of hydrogen-bond donors (Lipinski definition) is 1. The Hall–Kier alpha value is -0.480. The Morgan fingerprint density at radius 2 is 2.13 bits per heavy atom. The molecule has 0 atom stereocenters. The minimum absolute atomic E-state index is 0.180. The highest BCUT2D eigenvalue weighted by atomic mass is 79.9.